The fourth-order valence-electron chi connectivity index (χ4n) is 5.00. The first-order valence-corrected chi connectivity index (χ1v) is 12.4. The lowest BCUT2D eigenvalue weighted by Crippen LogP contribution is -2.47. The molecule has 0 bridgehead atoms. The Balaban J connectivity index is 1.49. The van der Waals surface area contributed by atoms with Gasteiger partial charge in [-0.1, -0.05) is 39.5 Å². The zero-order valence-corrected chi connectivity index (χ0v) is 20.8. The third kappa shape index (κ3) is 7.53. The molecule has 190 valence electrons. The lowest BCUT2D eigenvalue weighted by atomic mass is 9.86. The van der Waals surface area contributed by atoms with E-state index in [9.17, 15) is 19.6 Å². The van der Waals surface area contributed by atoms with Crippen LogP contribution in [0.3, 0.4) is 0 Å². The number of likely N-dealkylation sites (N-methyl/N-ethyl adjacent to an activating group) is 1. The molecule has 34 heavy (non-hydrogen) atoms. The van der Waals surface area contributed by atoms with Crippen molar-refractivity contribution in [3.63, 3.8) is 0 Å². The van der Waals surface area contributed by atoms with Gasteiger partial charge in [0.1, 0.15) is 11.5 Å². The summed E-state index contributed by atoms with van der Waals surface area (Å²) in [6.45, 7) is 7.90. The molecule has 10 heteroatoms. The summed E-state index contributed by atoms with van der Waals surface area (Å²) in [4.78, 5) is 47.9. The van der Waals surface area contributed by atoms with Gasteiger partial charge >= 0.3 is 0 Å². The highest BCUT2D eigenvalue weighted by atomic mass is 16.5. The molecule has 0 spiro atoms. The summed E-state index contributed by atoms with van der Waals surface area (Å²) in [6.07, 6.45) is 7.20. The van der Waals surface area contributed by atoms with E-state index in [1.165, 1.54) is 0 Å². The van der Waals surface area contributed by atoms with Crippen molar-refractivity contribution in [2.24, 2.45) is 17.3 Å². The lowest BCUT2D eigenvalue weighted by Gasteiger charge is -2.32. The Morgan fingerprint density at radius 1 is 1.29 bits per heavy atom. The van der Waals surface area contributed by atoms with E-state index in [2.05, 4.69) is 27.2 Å². The van der Waals surface area contributed by atoms with Crippen molar-refractivity contribution in [2.45, 2.75) is 52.4 Å². The van der Waals surface area contributed by atoms with Crippen LogP contribution in [0.4, 0.5) is 0 Å². The van der Waals surface area contributed by atoms with Gasteiger partial charge in [-0.05, 0) is 24.3 Å². The number of hydrogen-bond acceptors (Lipinski definition) is 6. The predicted octanol–water partition coefficient (Wildman–Crippen LogP) is 1.53. The molecule has 1 unspecified atom stereocenters. The molecule has 2 fully saturated rings. The van der Waals surface area contributed by atoms with Crippen molar-refractivity contribution in [3.8, 4) is 0 Å². The van der Waals surface area contributed by atoms with E-state index in [4.69, 9.17) is 0 Å². The molecule has 1 aromatic rings. The van der Waals surface area contributed by atoms with E-state index >= 15 is 0 Å². The van der Waals surface area contributed by atoms with Crippen molar-refractivity contribution >= 4 is 18.2 Å². The summed E-state index contributed by atoms with van der Waals surface area (Å²) in [6, 6.07) is 0. The maximum Gasteiger partial charge on any atom is 0.272 e. The smallest absolute Gasteiger partial charge is 0.272 e. The third-order valence-electron chi connectivity index (χ3n) is 7.12. The molecule has 1 aliphatic heterocycles. The average molecular weight is 477 g/mol. The van der Waals surface area contributed by atoms with Crippen LogP contribution in [0, 0.1) is 17.3 Å². The second kappa shape index (κ2) is 11.8. The highest BCUT2D eigenvalue weighted by Gasteiger charge is 2.29. The quantitative estimate of drug-likeness (QED) is 0.253. The number of amides is 3. The van der Waals surface area contributed by atoms with Gasteiger partial charge in [0.15, 0.2) is 0 Å². The van der Waals surface area contributed by atoms with Crippen LogP contribution in [0.15, 0.2) is 6.20 Å². The van der Waals surface area contributed by atoms with Crippen LogP contribution >= 0.6 is 0 Å². The molecule has 0 aromatic carbocycles. The molecule has 1 saturated heterocycles. The second-order valence-electron chi connectivity index (χ2n) is 10.7. The number of H-pyrrole nitrogens is 1. The van der Waals surface area contributed by atoms with Gasteiger partial charge in [-0.25, -0.2) is 10.0 Å². The number of piperazine rings is 1. The number of aromatic nitrogens is 2. The molecule has 1 atom stereocenters. The molecule has 3 N–H and O–H groups in total. The maximum absolute atomic E-state index is 12.7. The first-order valence-electron chi connectivity index (χ1n) is 12.4. The SMILES string of the molecule is CN1CCN(C(=O)c2cnc(CC(C)(C)CNC(=O)CC(CN(O)C=O)C3CCCC3)[nH]2)CC1. The Morgan fingerprint density at radius 3 is 2.62 bits per heavy atom. The largest absolute Gasteiger partial charge is 0.356 e. The van der Waals surface area contributed by atoms with E-state index in [0.717, 1.165) is 44.6 Å². The average Bonchev–Trinajstić information content (AvgIpc) is 3.49. The van der Waals surface area contributed by atoms with Crippen molar-refractivity contribution in [1.82, 2.24) is 30.1 Å². The Bertz CT molecular complexity index is 827. The number of hydrogen-bond donors (Lipinski definition) is 3. The summed E-state index contributed by atoms with van der Waals surface area (Å²) in [5.41, 5.74) is 0.235. The van der Waals surface area contributed by atoms with Gasteiger partial charge in [0.05, 0.1) is 12.7 Å². The fourth-order valence-corrected chi connectivity index (χ4v) is 5.00. The van der Waals surface area contributed by atoms with Crippen molar-refractivity contribution < 1.29 is 19.6 Å². The van der Waals surface area contributed by atoms with Crippen LogP contribution < -0.4 is 5.32 Å². The fraction of sp³-hybridized carbons (Fsp3) is 0.750. The normalized spacial score (nSPS) is 18.6. The maximum atomic E-state index is 12.7. The monoisotopic (exact) mass is 476 g/mol. The number of carbonyl (C=O) groups is 3. The topological polar surface area (TPSA) is 122 Å². The number of imidazole rings is 1. The minimum atomic E-state index is -0.268. The van der Waals surface area contributed by atoms with E-state index in [1.807, 2.05) is 18.7 Å². The zero-order chi connectivity index (χ0) is 24.7. The van der Waals surface area contributed by atoms with Gasteiger partial charge in [-0.15, -0.1) is 0 Å². The molecule has 2 aliphatic rings. The van der Waals surface area contributed by atoms with Crippen LogP contribution in [0.25, 0.3) is 0 Å². The van der Waals surface area contributed by atoms with Crippen molar-refractivity contribution in [1.29, 1.82) is 0 Å². The molecule has 2 heterocycles. The van der Waals surface area contributed by atoms with Gasteiger partial charge in [0.25, 0.3) is 5.91 Å². The Kier molecular flexibility index (Phi) is 9.07. The molecule has 3 amide bonds. The first-order chi connectivity index (χ1) is 16.2. The van der Waals surface area contributed by atoms with Crippen molar-refractivity contribution in [2.75, 3.05) is 46.3 Å². The first kappa shape index (κ1) is 26.2. The minimum absolute atomic E-state index is 0.0239. The molecule has 10 nitrogen and oxygen atoms in total. The molecular weight excluding hydrogens is 436 g/mol. The highest BCUT2D eigenvalue weighted by Crippen LogP contribution is 2.33. The minimum Gasteiger partial charge on any atom is -0.356 e. The summed E-state index contributed by atoms with van der Waals surface area (Å²) >= 11 is 0. The van der Waals surface area contributed by atoms with E-state index < -0.39 is 0 Å². The summed E-state index contributed by atoms with van der Waals surface area (Å²) in [5, 5.41) is 13.3. The van der Waals surface area contributed by atoms with Crippen LogP contribution in [-0.2, 0) is 16.0 Å². The van der Waals surface area contributed by atoms with Gasteiger partial charge in [-0.2, -0.15) is 0 Å². The van der Waals surface area contributed by atoms with Crippen LogP contribution in [-0.4, -0.2) is 94.6 Å². The number of hydroxylamine groups is 2. The van der Waals surface area contributed by atoms with E-state index in [-0.39, 0.29) is 36.1 Å². The summed E-state index contributed by atoms with van der Waals surface area (Å²) in [7, 11) is 2.05. The predicted molar refractivity (Wildman–Crippen MR) is 127 cm³/mol. The van der Waals surface area contributed by atoms with Crippen LogP contribution in [0.2, 0.25) is 0 Å². The Labute approximate surface area is 202 Å². The van der Waals surface area contributed by atoms with Gasteiger partial charge in [0.2, 0.25) is 12.3 Å². The van der Waals surface area contributed by atoms with Gasteiger partial charge in [0, 0.05) is 45.6 Å². The summed E-state index contributed by atoms with van der Waals surface area (Å²) in [5.74, 6) is 0.933. The highest BCUT2D eigenvalue weighted by molar-refractivity contribution is 5.92. The number of aromatic amines is 1. The van der Waals surface area contributed by atoms with Gasteiger partial charge < -0.3 is 20.1 Å². The number of carbonyl (C=O) groups excluding carboxylic acids is 3. The number of nitrogens with one attached hydrogen (secondary N) is 2. The standard InChI is InChI=1S/C24H40N6O4/c1-24(2,13-21-25-14-20(27-21)23(33)29-10-8-28(3)9-11-29)16-26-22(32)12-19(15-30(34)17-31)18-6-4-5-7-18/h14,17-19,34H,4-13,15-16H2,1-3H3,(H,25,27)(H,26,32). The van der Waals surface area contributed by atoms with E-state index in [1.54, 1.807) is 6.20 Å². The number of nitrogens with zero attached hydrogens (tertiary/aromatic N) is 4. The molecular formula is C24H40N6O4. The number of rotatable bonds is 11. The van der Waals surface area contributed by atoms with Gasteiger partial charge in [-0.3, -0.25) is 19.6 Å². The lowest BCUT2D eigenvalue weighted by molar-refractivity contribution is -0.154. The molecule has 0 radical (unpaired) electrons. The second-order valence-corrected chi connectivity index (χ2v) is 10.7. The Hall–Kier alpha value is -2.46. The molecule has 1 saturated carbocycles. The molecule has 1 aliphatic carbocycles. The summed E-state index contributed by atoms with van der Waals surface area (Å²) < 4.78 is 0. The third-order valence-corrected chi connectivity index (χ3v) is 7.12. The molecule has 1 aromatic heterocycles. The van der Waals surface area contributed by atoms with Crippen LogP contribution in [0.1, 0.15) is 62.3 Å². The van der Waals surface area contributed by atoms with Crippen LogP contribution in [0.5, 0.6) is 0 Å². The molecule has 3 rings (SSSR count). The zero-order valence-electron chi connectivity index (χ0n) is 20.8. The van der Waals surface area contributed by atoms with Crippen molar-refractivity contribution in [3.05, 3.63) is 17.7 Å². The van der Waals surface area contributed by atoms with E-state index in [0.29, 0.717) is 49.1 Å². The Morgan fingerprint density at radius 2 is 1.97 bits per heavy atom.